The number of thiophene rings is 1. The topological polar surface area (TPSA) is 178 Å². The van der Waals surface area contributed by atoms with Gasteiger partial charge in [0.25, 0.3) is 0 Å². The van der Waals surface area contributed by atoms with Gasteiger partial charge >= 0.3 is 23.9 Å². The van der Waals surface area contributed by atoms with E-state index in [1.165, 1.54) is 34.6 Å². The van der Waals surface area contributed by atoms with Gasteiger partial charge in [-0.15, -0.1) is 11.3 Å². The van der Waals surface area contributed by atoms with Gasteiger partial charge in [0.1, 0.15) is 5.76 Å². The van der Waals surface area contributed by atoms with Crippen LogP contribution in [0, 0.1) is 0 Å². The molecule has 1 unspecified atom stereocenters. The van der Waals surface area contributed by atoms with E-state index in [1.54, 1.807) is 17.6 Å². The summed E-state index contributed by atoms with van der Waals surface area (Å²) in [7, 11) is 0. The van der Waals surface area contributed by atoms with Crippen LogP contribution in [0.25, 0.3) is 0 Å². The van der Waals surface area contributed by atoms with Gasteiger partial charge in [0.05, 0.1) is 16.1 Å². The molecule has 0 amide bonds. The largest absolute Gasteiger partial charge is 0.473 e. The third-order valence-corrected chi connectivity index (χ3v) is 5.71. The first-order valence-corrected chi connectivity index (χ1v) is 10.9. The van der Waals surface area contributed by atoms with Crippen molar-refractivity contribution in [3.8, 4) is 0 Å². The summed E-state index contributed by atoms with van der Waals surface area (Å²) in [6, 6.07) is 8.70. The zero-order valence-corrected chi connectivity index (χ0v) is 19.2. The maximum absolute atomic E-state index is 9.10. The molecule has 1 saturated heterocycles. The molecule has 1 aliphatic rings. The van der Waals surface area contributed by atoms with Crippen molar-refractivity contribution < 1.29 is 44.0 Å². The molecule has 1 atom stereocenters. The Morgan fingerprint density at radius 2 is 1.56 bits per heavy atom. The van der Waals surface area contributed by atoms with Crippen LogP contribution in [-0.4, -0.2) is 68.8 Å². The maximum Gasteiger partial charge on any atom is 0.414 e. The van der Waals surface area contributed by atoms with Crippen molar-refractivity contribution in [3.63, 3.8) is 0 Å². The minimum absolute atomic E-state index is 0.357. The Bertz CT molecular complexity index is 831. The van der Waals surface area contributed by atoms with Gasteiger partial charge in [-0.1, -0.05) is 0 Å². The van der Waals surface area contributed by atoms with Crippen LogP contribution < -0.4 is 5.32 Å². The highest BCUT2D eigenvalue weighted by Crippen LogP contribution is 2.26. The number of hydrogen-bond acceptors (Lipinski definition) is 8. The van der Waals surface area contributed by atoms with E-state index < -0.39 is 23.9 Å². The first kappa shape index (κ1) is 27.3. The minimum atomic E-state index is -1.82. The molecule has 0 saturated carbocycles. The summed E-state index contributed by atoms with van der Waals surface area (Å²) < 4.78 is 6.82. The molecule has 2 aromatic heterocycles. The van der Waals surface area contributed by atoms with Gasteiger partial charge in [-0.05, 0) is 66.1 Å². The SMILES string of the molecule is Brc1ccc(CNCC(c2ccco2)N2CCCC2)s1.O=C(O)C(=O)O.O=C(O)C(=O)O. The van der Waals surface area contributed by atoms with Crippen molar-refractivity contribution in [1.29, 1.82) is 0 Å². The predicted molar refractivity (Wildman–Crippen MR) is 117 cm³/mol. The summed E-state index contributed by atoms with van der Waals surface area (Å²) >= 11 is 5.29. The zero-order chi connectivity index (χ0) is 24.1. The molecule has 3 rings (SSSR count). The quantitative estimate of drug-likeness (QED) is 0.343. The summed E-state index contributed by atoms with van der Waals surface area (Å²) in [5, 5.41) is 33.1. The fourth-order valence-corrected chi connectivity index (χ4v) is 4.18. The van der Waals surface area contributed by atoms with Crippen LogP contribution >= 0.6 is 27.3 Å². The molecular weight excluding hydrogens is 512 g/mol. The molecule has 0 radical (unpaired) electrons. The molecule has 32 heavy (non-hydrogen) atoms. The first-order valence-electron chi connectivity index (χ1n) is 9.26. The fourth-order valence-electron chi connectivity index (χ4n) is 2.72. The molecule has 1 aliphatic heterocycles. The van der Waals surface area contributed by atoms with Crippen LogP contribution in [0.1, 0.15) is 29.5 Å². The van der Waals surface area contributed by atoms with Crippen LogP contribution in [0.2, 0.25) is 0 Å². The zero-order valence-electron chi connectivity index (χ0n) is 16.8. The van der Waals surface area contributed by atoms with Crippen LogP contribution in [0.15, 0.2) is 38.7 Å². The smallest absolute Gasteiger partial charge is 0.414 e. The van der Waals surface area contributed by atoms with Gasteiger partial charge in [-0.3, -0.25) is 4.90 Å². The van der Waals surface area contributed by atoms with E-state index in [0.29, 0.717) is 6.04 Å². The normalized spacial score (nSPS) is 13.8. The molecule has 11 nitrogen and oxygen atoms in total. The number of carboxylic acid groups (broad SMARTS) is 4. The lowest BCUT2D eigenvalue weighted by atomic mass is 10.2. The van der Waals surface area contributed by atoms with Gasteiger partial charge in [0, 0.05) is 18.0 Å². The summed E-state index contributed by atoms with van der Waals surface area (Å²) in [5.74, 6) is -6.22. The lowest BCUT2D eigenvalue weighted by Crippen LogP contribution is -2.33. The molecule has 13 heteroatoms. The third-order valence-electron chi connectivity index (χ3n) is 4.08. The molecule has 0 bridgehead atoms. The number of furan rings is 1. The Morgan fingerprint density at radius 1 is 1.00 bits per heavy atom. The molecule has 176 valence electrons. The molecule has 5 N–H and O–H groups in total. The lowest BCUT2D eigenvalue weighted by molar-refractivity contribution is -0.159. The summed E-state index contributed by atoms with van der Waals surface area (Å²) in [6.45, 7) is 4.21. The summed E-state index contributed by atoms with van der Waals surface area (Å²) in [5.41, 5.74) is 0. The summed E-state index contributed by atoms with van der Waals surface area (Å²) in [4.78, 5) is 40.3. The van der Waals surface area contributed by atoms with Crippen LogP contribution in [0.5, 0.6) is 0 Å². The molecule has 3 heterocycles. The van der Waals surface area contributed by atoms with Crippen molar-refractivity contribution in [1.82, 2.24) is 10.2 Å². The van der Waals surface area contributed by atoms with Crippen molar-refractivity contribution in [2.45, 2.75) is 25.4 Å². The van der Waals surface area contributed by atoms with E-state index in [2.05, 4.69) is 44.3 Å². The number of rotatable bonds is 6. The second-order valence-electron chi connectivity index (χ2n) is 6.33. The molecular formula is C19H23BrN2O9S. The number of carbonyl (C=O) groups is 4. The number of aliphatic carboxylic acids is 4. The average molecular weight is 535 g/mol. The average Bonchev–Trinajstić information content (AvgIpc) is 3.49. The first-order chi connectivity index (χ1) is 15.1. The van der Waals surface area contributed by atoms with Crippen molar-refractivity contribution in [3.05, 3.63) is 45.0 Å². The highest BCUT2D eigenvalue weighted by Gasteiger charge is 2.25. The van der Waals surface area contributed by atoms with Crippen molar-refractivity contribution >= 4 is 51.1 Å². The van der Waals surface area contributed by atoms with E-state index in [4.69, 9.17) is 44.0 Å². The highest BCUT2D eigenvalue weighted by molar-refractivity contribution is 9.11. The van der Waals surface area contributed by atoms with E-state index in [9.17, 15) is 0 Å². The highest BCUT2D eigenvalue weighted by atomic mass is 79.9. The van der Waals surface area contributed by atoms with E-state index in [1.807, 2.05) is 6.07 Å². The van der Waals surface area contributed by atoms with Crippen LogP contribution in [0.3, 0.4) is 0 Å². The van der Waals surface area contributed by atoms with Gasteiger partial charge in [-0.2, -0.15) is 0 Å². The van der Waals surface area contributed by atoms with Gasteiger partial charge in [-0.25, -0.2) is 19.2 Å². The van der Waals surface area contributed by atoms with E-state index in [-0.39, 0.29) is 0 Å². The Labute approximate surface area is 195 Å². The summed E-state index contributed by atoms with van der Waals surface area (Å²) in [6.07, 6.45) is 4.37. The number of halogens is 1. The maximum atomic E-state index is 9.10. The van der Waals surface area contributed by atoms with Crippen LogP contribution in [-0.2, 0) is 25.7 Å². The lowest BCUT2D eigenvalue weighted by Gasteiger charge is -2.26. The Balaban J connectivity index is 0.000000355. The van der Waals surface area contributed by atoms with Gasteiger partial charge in [0.2, 0.25) is 0 Å². The van der Waals surface area contributed by atoms with Crippen molar-refractivity contribution in [2.24, 2.45) is 0 Å². The third kappa shape index (κ3) is 10.5. The number of nitrogens with one attached hydrogen (secondary N) is 1. The Morgan fingerprint density at radius 3 is 1.97 bits per heavy atom. The second kappa shape index (κ2) is 14.3. The van der Waals surface area contributed by atoms with Crippen LogP contribution in [0.4, 0.5) is 0 Å². The number of carboxylic acids is 4. The second-order valence-corrected chi connectivity index (χ2v) is 8.88. The molecule has 0 aliphatic carbocycles. The van der Waals surface area contributed by atoms with Gasteiger partial charge in [0.15, 0.2) is 0 Å². The number of likely N-dealkylation sites (tertiary alicyclic amines) is 1. The number of nitrogens with zero attached hydrogens (tertiary/aromatic N) is 1. The van der Waals surface area contributed by atoms with Gasteiger partial charge < -0.3 is 30.2 Å². The Kier molecular flexibility index (Phi) is 12.2. The molecule has 1 fully saturated rings. The standard InChI is InChI=1S/C15H19BrN2OS.2C2H2O4/c16-15-6-5-12(20-15)10-17-11-13(14-4-3-9-19-14)18-7-1-2-8-18;2*3-1(4)2(5)6/h3-6,9,13,17H,1-2,7-8,10-11H2;2*(H,3,4)(H,5,6). The Hall–Kier alpha value is -2.74. The fraction of sp³-hybridized carbons (Fsp3) is 0.368. The van der Waals surface area contributed by atoms with E-state index in [0.717, 1.165) is 18.8 Å². The number of hydrogen-bond donors (Lipinski definition) is 5. The molecule has 0 spiro atoms. The molecule has 2 aromatic rings. The monoisotopic (exact) mass is 534 g/mol. The minimum Gasteiger partial charge on any atom is -0.473 e. The predicted octanol–water partition coefficient (Wildman–Crippen LogP) is 2.34. The van der Waals surface area contributed by atoms with Crippen molar-refractivity contribution in [2.75, 3.05) is 19.6 Å². The molecule has 0 aromatic carbocycles. The van der Waals surface area contributed by atoms with E-state index >= 15 is 0 Å².